The zero-order valence-corrected chi connectivity index (χ0v) is 25.1. The summed E-state index contributed by atoms with van der Waals surface area (Å²) in [6.45, 7) is 16.0. The van der Waals surface area contributed by atoms with Crippen LogP contribution in [0.5, 0.6) is 0 Å². The van der Waals surface area contributed by atoms with E-state index in [4.69, 9.17) is 0 Å². The summed E-state index contributed by atoms with van der Waals surface area (Å²) in [5, 5.41) is 0. The fourth-order valence-corrected chi connectivity index (χ4v) is 2.06. The van der Waals surface area contributed by atoms with Crippen LogP contribution in [0.3, 0.4) is 0 Å². The molecule has 0 aliphatic rings. The molecule has 0 aliphatic carbocycles. The van der Waals surface area contributed by atoms with Gasteiger partial charge in [0.15, 0.2) is 0 Å². The van der Waals surface area contributed by atoms with Crippen molar-refractivity contribution in [1.82, 2.24) is 19.9 Å². The molecular weight excluding hydrogens is 517 g/mol. The van der Waals surface area contributed by atoms with E-state index in [1.165, 1.54) is 0 Å². The maximum atomic E-state index is 4.19. The van der Waals surface area contributed by atoms with Gasteiger partial charge in [-0.3, -0.25) is 19.9 Å². The molecule has 4 rings (SSSR count). The molecule has 0 N–H and O–H groups in total. The Morgan fingerprint density at radius 3 is 0.629 bits per heavy atom. The molecule has 4 aromatic heterocycles. The summed E-state index contributed by atoms with van der Waals surface area (Å²) in [5.74, 6) is 0. The van der Waals surface area contributed by atoms with Crippen LogP contribution >= 0.6 is 0 Å². The second-order valence-corrected chi connectivity index (χ2v) is 4.86. The van der Waals surface area contributed by atoms with E-state index in [2.05, 4.69) is 19.9 Å². The molecule has 4 aromatic rings. The van der Waals surface area contributed by atoms with Gasteiger partial charge < -0.3 is 14.9 Å². The number of hydrogen-bond donors (Lipinski definition) is 0. The molecule has 0 radical (unpaired) electrons. The second-order valence-electron chi connectivity index (χ2n) is 4.86. The Hall–Kier alpha value is -2.78. The van der Waals surface area contributed by atoms with Gasteiger partial charge >= 0.3 is 19.5 Å². The van der Waals surface area contributed by atoms with Crippen molar-refractivity contribution >= 4 is 0 Å². The molecule has 4 heterocycles. The molecule has 5 heteroatoms. The molecule has 0 amide bonds. The van der Waals surface area contributed by atoms with Crippen LogP contribution in [0.1, 0.15) is 55.4 Å². The van der Waals surface area contributed by atoms with Crippen LogP contribution in [-0.2, 0) is 19.5 Å². The topological polar surface area (TPSA) is 51.6 Å². The minimum atomic E-state index is 0. The van der Waals surface area contributed by atoms with Crippen molar-refractivity contribution < 1.29 is 19.5 Å². The second kappa shape index (κ2) is 33.4. The third-order valence-corrected chi connectivity index (χ3v) is 3.18. The zero-order chi connectivity index (χ0) is 24.5. The first-order valence-corrected chi connectivity index (χ1v) is 11.6. The maximum Gasteiger partial charge on any atom is 2.00 e. The van der Waals surface area contributed by atoms with Crippen LogP contribution in [0, 0.1) is 14.9 Å². The van der Waals surface area contributed by atoms with Crippen LogP contribution < -0.4 is 0 Å². The molecule has 0 bridgehead atoms. The van der Waals surface area contributed by atoms with Gasteiger partial charge in [0.2, 0.25) is 0 Å². The largest absolute Gasteiger partial charge is 2.00 e. The Bertz CT molecular complexity index is 694. The molecule has 0 fully saturated rings. The van der Waals surface area contributed by atoms with E-state index in [1.807, 2.05) is 128 Å². The van der Waals surface area contributed by atoms with E-state index in [1.54, 1.807) is 24.8 Å². The molecular formula is C30H46N4Ru. The van der Waals surface area contributed by atoms with Crippen LogP contribution in [0.25, 0.3) is 22.8 Å². The van der Waals surface area contributed by atoms with Crippen molar-refractivity contribution in [2.75, 3.05) is 0 Å². The van der Waals surface area contributed by atoms with Crippen LogP contribution in [0.15, 0.2) is 97.6 Å². The van der Waals surface area contributed by atoms with Crippen molar-refractivity contribution in [1.29, 1.82) is 0 Å². The standard InChI is InChI=1S/2C10H8N2.4C2H6.2CH3.Ru/c2*1-3-7-11-9(5-1)10-6-2-4-8-12-10;4*1-2;;;/h2*1-8H;4*1-2H3;2*1H3;/q;;;;;;2*-1;+2. The molecule has 0 aliphatic heterocycles. The summed E-state index contributed by atoms with van der Waals surface area (Å²) in [6, 6.07) is 23.2. The van der Waals surface area contributed by atoms with E-state index in [0.29, 0.717) is 0 Å². The molecule has 35 heavy (non-hydrogen) atoms. The Morgan fingerprint density at radius 1 is 0.343 bits per heavy atom. The van der Waals surface area contributed by atoms with Crippen molar-refractivity contribution in [3.63, 3.8) is 0 Å². The maximum absolute atomic E-state index is 4.19. The van der Waals surface area contributed by atoms with Gasteiger partial charge in [-0.15, -0.1) is 0 Å². The predicted octanol–water partition coefficient (Wildman–Crippen LogP) is 9.29. The smallest absolute Gasteiger partial charge is 0.358 e. The first kappa shape index (κ1) is 42.4. The SMILES string of the molecule is CC.CC.CC.CC.[CH3-].[CH3-].[Ru+2].c1ccc(-c2ccccn2)nc1.c1ccc(-c2ccccn2)nc1. The van der Waals surface area contributed by atoms with Crippen LogP contribution in [0.2, 0.25) is 0 Å². The average molecular weight is 564 g/mol. The molecule has 0 unspecified atom stereocenters. The van der Waals surface area contributed by atoms with Gasteiger partial charge in [-0.25, -0.2) is 0 Å². The van der Waals surface area contributed by atoms with Gasteiger partial charge in [0.25, 0.3) is 0 Å². The van der Waals surface area contributed by atoms with Gasteiger partial charge in [0.1, 0.15) is 0 Å². The molecule has 194 valence electrons. The van der Waals surface area contributed by atoms with E-state index >= 15 is 0 Å². The summed E-state index contributed by atoms with van der Waals surface area (Å²) in [6.07, 6.45) is 7.07. The summed E-state index contributed by atoms with van der Waals surface area (Å²) in [5.41, 5.74) is 3.66. The number of nitrogens with zero attached hydrogens (tertiary/aromatic N) is 4. The Labute approximate surface area is 229 Å². The van der Waals surface area contributed by atoms with E-state index in [0.717, 1.165) is 22.8 Å². The van der Waals surface area contributed by atoms with Crippen molar-refractivity contribution in [3.05, 3.63) is 112 Å². The summed E-state index contributed by atoms with van der Waals surface area (Å²) in [7, 11) is 0. The Morgan fingerprint density at radius 2 is 0.514 bits per heavy atom. The van der Waals surface area contributed by atoms with Crippen molar-refractivity contribution in [3.8, 4) is 22.8 Å². The molecule has 0 spiro atoms. The summed E-state index contributed by atoms with van der Waals surface area (Å²) in [4.78, 5) is 16.7. The van der Waals surface area contributed by atoms with E-state index < -0.39 is 0 Å². The van der Waals surface area contributed by atoms with Crippen LogP contribution in [-0.4, -0.2) is 19.9 Å². The number of rotatable bonds is 2. The van der Waals surface area contributed by atoms with Gasteiger partial charge in [-0.05, 0) is 48.5 Å². The minimum absolute atomic E-state index is 0. The normalized spacial score (nSPS) is 7.31. The molecule has 0 saturated carbocycles. The molecule has 0 saturated heterocycles. The predicted molar refractivity (Wildman–Crippen MR) is 153 cm³/mol. The van der Waals surface area contributed by atoms with Crippen LogP contribution in [0.4, 0.5) is 0 Å². The monoisotopic (exact) mass is 564 g/mol. The number of pyridine rings is 4. The fourth-order valence-electron chi connectivity index (χ4n) is 2.06. The first-order chi connectivity index (χ1) is 15.9. The van der Waals surface area contributed by atoms with Crippen molar-refractivity contribution in [2.45, 2.75) is 55.4 Å². The average Bonchev–Trinajstić information content (AvgIpc) is 2.95. The van der Waals surface area contributed by atoms with Gasteiger partial charge in [-0.2, -0.15) is 0 Å². The van der Waals surface area contributed by atoms with Gasteiger partial charge in [0.05, 0.1) is 22.8 Å². The van der Waals surface area contributed by atoms with Gasteiger partial charge in [0, 0.05) is 24.8 Å². The van der Waals surface area contributed by atoms with Gasteiger partial charge in [-0.1, -0.05) is 79.7 Å². The molecule has 0 aromatic carbocycles. The minimum Gasteiger partial charge on any atom is -0.358 e. The summed E-state index contributed by atoms with van der Waals surface area (Å²) >= 11 is 0. The zero-order valence-electron chi connectivity index (χ0n) is 23.4. The third-order valence-electron chi connectivity index (χ3n) is 3.18. The van der Waals surface area contributed by atoms with Crippen molar-refractivity contribution in [2.24, 2.45) is 0 Å². The Balaban J connectivity index is -0.000000125. The first-order valence-electron chi connectivity index (χ1n) is 11.6. The Kier molecular flexibility index (Phi) is 40.4. The molecule has 0 atom stereocenters. The van der Waals surface area contributed by atoms with E-state index in [9.17, 15) is 0 Å². The number of hydrogen-bond acceptors (Lipinski definition) is 4. The summed E-state index contributed by atoms with van der Waals surface area (Å²) < 4.78 is 0. The quantitative estimate of drug-likeness (QED) is 0.180. The van der Waals surface area contributed by atoms with E-state index in [-0.39, 0.29) is 34.3 Å². The molecule has 4 nitrogen and oxygen atoms in total. The fraction of sp³-hybridized carbons (Fsp3) is 0.267. The number of aromatic nitrogens is 4. The third kappa shape index (κ3) is 19.2.